The van der Waals surface area contributed by atoms with Crippen molar-refractivity contribution in [1.29, 1.82) is 0 Å². The second kappa shape index (κ2) is 4.79. The fourth-order valence-electron chi connectivity index (χ4n) is 1.60. The van der Waals surface area contributed by atoms with Crippen LogP contribution in [0.25, 0.3) is 0 Å². The lowest BCUT2D eigenvalue weighted by Crippen LogP contribution is -2.15. The van der Waals surface area contributed by atoms with Gasteiger partial charge in [-0.25, -0.2) is 0 Å². The van der Waals surface area contributed by atoms with Crippen LogP contribution in [-0.2, 0) is 14.3 Å². The largest absolute Gasteiger partial charge is 0.458 e. The van der Waals surface area contributed by atoms with Crippen LogP contribution in [0.15, 0.2) is 11.1 Å². The normalized spacial score (nSPS) is 19.9. The number of ketones is 1. The molecule has 80 valence electrons. The molecule has 0 heterocycles. The van der Waals surface area contributed by atoms with Crippen LogP contribution in [0.2, 0.25) is 0 Å². The Hall–Kier alpha value is -1.56. The molecular formula is C12H14O3. The summed E-state index contributed by atoms with van der Waals surface area (Å²) in [4.78, 5) is 22.4. The first kappa shape index (κ1) is 11.5. The highest BCUT2D eigenvalue weighted by Gasteiger charge is 2.30. The Balaban J connectivity index is 2.81. The first-order valence-corrected chi connectivity index (χ1v) is 4.86. The van der Waals surface area contributed by atoms with Crippen molar-refractivity contribution < 1.29 is 14.3 Å². The molecule has 0 unspecified atom stereocenters. The molecule has 1 rings (SSSR count). The van der Waals surface area contributed by atoms with E-state index in [1.165, 1.54) is 6.92 Å². The van der Waals surface area contributed by atoms with Gasteiger partial charge in [0, 0.05) is 18.9 Å². The Morgan fingerprint density at radius 1 is 1.60 bits per heavy atom. The summed E-state index contributed by atoms with van der Waals surface area (Å²) in [6, 6.07) is 0. The Morgan fingerprint density at radius 2 is 2.27 bits per heavy atom. The van der Waals surface area contributed by atoms with Crippen LogP contribution in [-0.4, -0.2) is 17.9 Å². The zero-order valence-electron chi connectivity index (χ0n) is 9.22. The Labute approximate surface area is 89.5 Å². The molecular weight excluding hydrogens is 192 g/mol. The summed E-state index contributed by atoms with van der Waals surface area (Å²) in [5.74, 6) is 5.29. The molecule has 1 atom stereocenters. The van der Waals surface area contributed by atoms with Gasteiger partial charge in [-0.3, -0.25) is 9.59 Å². The van der Waals surface area contributed by atoms with Crippen LogP contribution in [0.5, 0.6) is 0 Å². The molecule has 0 amide bonds. The monoisotopic (exact) mass is 206 g/mol. The van der Waals surface area contributed by atoms with Crippen LogP contribution in [0.4, 0.5) is 0 Å². The predicted octanol–water partition coefficient (Wildman–Crippen LogP) is 1.62. The maximum Gasteiger partial charge on any atom is 0.303 e. The number of hydrogen-bond donors (Lipinski definition) is 0. The summed E-state index contributed by atoms with van der Waals surface area (Å²) in [5, 5.41) is 0. The first-order chi connectivity index (χ1) is 7.06. The summed E-state index contributed by atoms with van der Waals surface area (Å²) < 4.78 is 5.04. The van der Waals surface area contributed by atoms with Crippen molar-refractivity contribution in [3.8, 4) is 11.8 Å². The molecule has 0 aliphatic heterocycles. The van der Waals surface area contributed by atoms with Gasteiger partial charge in [-0.2, -0.15) is 0 Å². The predicted molar refractivity (Wildman–Crippen MR) is 55.9 cm³/mol. The van der Waals surface area contributed by atoms with Gasteiger partial charge >= 0.3 is 5.97 Å². The van der Waals surface area contributed by atoms with E-state index >= 15 is 0 Å². The molecule has 1 aliphatic carbocycles. The minimum absolute atomic E-state index is 0.0431. The second-order valence-corrected chi connectivity index (χ2v) is 3.49. The van der Waals surface area contributed by atoms with Crippen molar-refractivity contribution in [1.82, 2.24) is 0 Å². The number of hydrogen-bond acceptors (Lipinski definition) is 3. The van der Waals surface area contributed by atoms with Crippen molar-refractivity contribution in [3.05, 3.63) is 11.1 Å². The number of ether oxygens (including phenoxy) is 1. The molecule has 15 heavy (non-hydrogen) atoms. The molecule has 3 nitrogen and oxygen atoms in total. The summed E-state index contributed by atoms with van der Waals surface area (Å²) in [6.45, 7) is 4.91. The van der Waals surface area contributed by atoms with Gasteiger partial charge in [-0.15, -0.1) is 5.92 Å². The number of carbonyl (C=O) groups excluding carboxylic acids is 2. The van der Waals surface area contributed by atoms with E-state index < -0.39 is 0 Å². The highest BCUT2D eigenvalue weighted by atomic mass is 16.5. The highest BCUT2D eigenvalue weighted by molar-refractivity contribution is 6.00. The molecule has 0 saturated heterocycles. The van der Waals surface area contributed by atoms with Crippen LogP contribution >= 0.6 is 0 Å². The van der Waals surface area contributed by atoms with Gasteiger partial charge in [0.15, 0.2) is 5.78 Å². The fourth-order valence-corrected chi connectivity index (χ4v) is 1.60. The van der Waals surface area contributed by atoms with Crippen LogP contribution in [0.3, 0.4) is 0 Å². The molecule has 1 aliphatic rings. The minimum atomic E-state index is -0.372. The SMILES string of the molecule is CC#CCC1=C(C)[C@@H](OC(C)=O)CC1=O. The Bertz CT molecular complexity index is 379. The number of rotatable bonds is 2. The lowest BCUT2D eigenvalue weighted by Gasteiger charge is -2.10. The number of carbonyl (C=O) groups is 2. The van der Waals surface area contributed by atoms with E-state index in [-0.39, 0.29) is 24.3 Å². The topological polar surface area (TPSA) is 43.4 Å². The van der Waals surface area contributed by atoms with Crippen molar-refractivity contribution in [2.24, 2.45) is 0 Å². The van der Waals surface area contributed by atoms with Crippen molar-refractivity contribution in [3.63, 3.8) is 0 Å². The average Bonchev–Trinajstić information content (AvgIpc) is 2.39. The van der Waals surface area contributed by atoms with E-state index in [2.05, 4.69) is 11.8 Å². The summed E-state index contributed by atoms with van der Waals surface area (Å²) in [6.07, 6.45) is 0.356. The molecule has 0 aromatic heterocycles. The molecule has 0 aromatic carbocycles. The van der Waals surface area contributed by atoms with Gasteiger partial charge in [0.05, 0.1) is 6.42 Å². The number of esters is 1. The third kappa shape index (κ3) is 2.69. The van der Waals surface area contributed by atoms with Crippen molar-refractivity contribution >= 4 is 11.8 Å². The smallest absolute Gasteiger partial charge is 0.303 e. The van der Waals surface area contributed by atoms with Gasteiger partial charge in [0.25, 0.3) is 0 Å². The van der Waals surface area contributed by atoms with E-state index in [0.717, 1.165) is 5.57 Å². The van der Waals surface area contributed by atoms with Crippen molar-refractivity contribution in [2.75, 3.05) is 0 Å². The Morgan fingerprint density at radius 3 is 2.80 bits per heavy atom. The second-order valence-electron chi connectivity index (χ2n) is 3.49. The minimum Gasteiger partial charge on any atom is -0.458 e. The fraction of sp³-hybridized carbons (Fsp3) is 0.500. The van der Waals surface area contributed by atoms with E-state index in [1.807, 2.05) is 6.92 Å². The molecule has 0 aromatic rings. The molecule has 0 fully saturated rings. The van der Waals surface area contributed by atoms with E-state index in [4.69, 9.17) is 4.74 Å². The van der Waals surface area contributed by atoms with Gasteiger partial charge in [-0.1, -0.05) is 5.92 Å². The Kier molecular flexibility index (Phi) is 3.68. The number of allylic oxidation sites excluding steroid dienone is 1. The van der Waals surface area contributed by atoms with Gasteiger partial charge in [-0.05, 0) is 19.4 Å². The standard InChI is InChI=1S/C12H14O3/c1-4-5-6-10-8(2)12(7-11(10)14)15-9(3)13/h12H,6-7H2,1-3H3/t12-/m0/s1. The van der Waals surface area contributed by atoms with Gasteiger partial charge in [0.1, 0.15) is 6.10 Å². The van der Waals surface area contributed by atoms with Gasteiger partial charge in [0.2, 0.25) is 0 Å². The third-order valence-electron chi connectivity index (χ3n) is 2.42. The molecule has 3 heteroatoms. The van der Waals surface area contributed by atoms with Gasteiger partial charge < -0.3 is 4.74 Å². The molecule has 0 spiro atoms. The highest BCUT2D eigenvalue weighted by Crippen LogP contribution is 2.27. The third-order valence-corrected chi connectivity index (χ3v) is 2.42. The maximum atomic E-state index is 11.6. The molecule has 0 radical (unpaired) electrons. The van der Waals surface area contributed by atoms with E-state index in [1.54, 1.807) is 6.92 Å². The van der Waals surface area contributed by atoms with Crippen LogP contribution < -0.4 is 0 Å². The molecule has 0 N–H and O–H groups in total. The average molecular weight is 206 g/mol. The molecule has 0 bridgehead atoms. The van der Waals surface area contributed by atoms with Crippen LogP contribution in [0, 0.1) is 11.8 Å². The lowest BCUT2D eigenvalue weighted by atomic mass is 10.1. The summed E-state index contributed by atoms with van der Waals surface area (Å²) in [5.41, 5.74) is 1.55. The van der Waals surface area contributed by atoms with Crippen molar-refractivity contribution in [2.45, 2.75) is 39.7 Å². The summed E-state index contributed by atoms with van der Waals surface area (Å²) >= 11 is 0. The van der Waals surface area contributed by atoms with Crippen LogP contribution in [0.1, 0.15) is 33.6 Å². The quantitative estimate of drug-likeness (QED) is 0.509. The zero-order chi connectivity index (χ0) is 11.4. The number of Topliss-reactive ketones (excluding diaryl/α,β-unsaturated/α-hetero) is 1. The van der Waals surface area contributed by atoms with E-state index in [9.17, 15) is 9.59 Å². The lowest BCUT2D eigenvalue weighted by molar-refractivity contribution is -0.144. The van der Waals surface area contributed by atoms with E-state index in [0.29, 0.717) is 12.0 Å². The molecule has 0 saturated carbocycles. The summed E-state index contributed by atoms with van der Waals surface area (Å²) in [7, 11) is 0. The zero-order valence-corrected chi connectivity index (χ0v) is 9.22. The maximum absolute atomic E-state index is 11.6. The first-order valence-electron chi connectivity index (χ1n) is 4.86.